The molecule has 4 rings (SSSR count). The lowest BCUT2D eigenvalue weighted by molar-refractivity contribution is 0.100. The Kier molecular flexibility index (Phi) is 4.71. The number of para-hydroxylation sites is 1. The number of thiazole rings is 1. The largest absolute Gasteiger partial charge is 0.496 e. The molecule has 28 heavy (non-hydrogen) atoms. The van der Waals surface area contributed by atoms with E-state index in [-0.39, 0.29) is 11.4 Å². The number of nitrogens with zero attached hydrogens (tertiary/aromatic N) is 3. The van der Waals surface area contributed by atoms with Gasteiger partial charge in [0.1, 0.15) is 11.4 Å². The highest BCUT2D eigenvalue weighted by molar-refractivity contribution is 7.14. The zero-order valence-corrected chi connectivity index (χ0v) is 17.3. The maximum Gasteiger partial charge on any atom is 0.275 e. The molecule has 1 aliphatic carbocycles. The molecule has 1 fully saturated rings. The Morgan fingerprint density at radius 2 is 2.04 bits per heavy atom. The third-order valence-electron chi connectivity index (χ3n) is 4.70. The smallest absolute Gasteiger partial charge is 0.275 e. The van der Waals surface area contributed by atoms with Gasteiger partial charge in [-0.3, -0.25) is 14.8 Å². The summed E-state index contributed by atoms with van der Waals surface area (Å²) in [6.07, 6.45) is 2.30. The molecule has 1 N–H and O–H groups in total. The molecule has 1 amide bonds. The van der Waals surface area contributed by atoms with Crippen molar-refractivity contribution in [1.29, 1.82) is 0 Å². The minimum absolute atomic E-state index is 0.185. The van der Waals surface area contributed by atoms with Crippen molar-refractivity contribution in [2.24, 2.45) is 0 Å². The van der Waals surface area contributed by atoms with E-state index in [0.29, 0.717) is 16.7 Å². The first kappa shape index (κ1) is 18.7. The summed E-state index contributed by atoms with van der Waals surface area (Å²) in [7, 11) is 1.64. The topological polar surface area (TPSA) is 69.0 Å². The summed E-state index contributed by atoms with van der Waals surface area (Å²) in [5.41, 5.74) is 2.99. The van der Waals surface area contributed by atoms with E-state index < -0.39 is 0 Å². The van der Waals surface area contributed by atoms with Crippen LogP contribution in [-0.4, -0.2) is 27.8 Å². The van der Waals surface area contributed by atoms with E-state index in [1.807, 2.05) is 40.4 Å². The Morgan fingerprint density at radius 1 is 1.29 bits per heavy atom. The first-order valence-corrected chi connectivity index (χ1v) is 10.3. The molecule has 3 aromatic rings. The second-order valence-corrected chi connectivity index (χ2v) is 8.86. The second kappa shape index (κ2) is 7.05. The Balaban J connectivity index is 1.59. The van der Waals surface area contributed by atoms with Gasteiger partial charge in [-0.05, 0) is 51.8 Å². The molecule has 0 aliphatic heterocycles. The number of amides is 1. The van der Waals surface area contributed by atoms with Gasteiger partial charge in [-0.1, -0.05) is 12.1 Å². The summed E-state index contributed by atoms with van der Waals surface area (Å²) in [4.78, 5) is 17.6. The van der Waals surface area contributed by atoms with Crippen molar-refractivity contribution in [2.75, 3.05) is 12.4 Å². The van der Waals surface area contributed by atoms with Gasteiger partial charge >= 0.3 is 0 Å². The number of hydrogen-bond acceptors (Lipinski definition) is 5. The van der Waals surface area contributed by atoms with Gasteiger partial charge in [0, 0.05) is 16.9 Å². The Hall–Kier alpha value is -2.67. The van der Waals surface area contributed by atoms with E-state index in [4.69, 9.17) is 9.84 Å². The van der Waals surface area contributed by atoms with Crippen molar-refractivity contribution in [3.63, 3.8) is 0 Å². The highest BCUT2D eigenvalue weighted by Crippen LogP contribution is 2.40. The van der Waals surface area contributed by atoms with E-state index in [9.17, 15) is 4.79 Å². The van der Waals surface area contributed by atoms with Crippen LogP contribution in [0.25, 0.3) is 11.3 Å². The number of benzene rings is 1. The zero-order valence-electron chi connectivity index (χ0n) is 16.5. The Labute approximate surface area is 168 Å². The highest BCUT2D eigenvalue weighted by Gasteiger charge is 2.31. The van der Waals surface area contributed by atoms with Crippen LogP contribution in [0.1, 0.15) is 55.7 Å². The summed E-state index contributed by atoms with van der Waals surface area (Å²) < 4.78 is 7.23. The van der Waals surface area contributed by atoms with Crippen LogP contribution in [0.5, 0.6) is 5.75 Å². The van der Waals surface area contributed by atoms with Gasteiger partial charge in [-0.25, -0.2) is 4.98 Å². The van der Waals surface area contributed by atoms with Crippen molar-refractivity contribution in [3.05, 3.63) is 47.1 Å². The van der Waals surface area contributed by atoms with Crippen molar-refractivity contribution in [3.8, 4) is 17.0 Å². The van der Waals surface area contributed by atoms with Gasteiger partial charge in [-0.15, -0.1) is 11.3 Å². The first-order valence-electron chi connectivity index (χ1n) is 9.37. The maximum absolute atomic E-state index is 13.0. The number of rotatable bonds is 5. The van der Waals surface area contributed by atoms with Crippen molar-refractivity contribution < 1.29 is 9.53 Å². The first-order chi connectivity index (χ1) is 13.4. The number of nitrogens with one attached hydrogen (secondary N) is 1. The minimum atomic E-state index is -0.273. The molecule has 2 aromatic heterocycles. The molecule has 0 atom stereocenters. The molecular formula is C21H24N4O2S. The lowest BCUT2D eigenvalue weighted by atomic mass is 10.1. The average molecular weight is 397 g/mol. The molecule has 0 radical (unpaired) electrons. The van der Waals surface area contributed by atoms with Crippen LogP contribution in [-0.2, 0) is 5.54 Å². The standard InChI is InChI=1S/C21H24N4O2S/c1-21(2,3)25-17(11-15(24-25)13-9-10-13)19(26)23-20-22-16(12-28-20)14-7-5-6-8-18(14)27-4/h5-8,11-13H,9-10H2,1-4H3,(H,22,23,26). The van der Waals surface area contributed by atoms with Crippen LogP contribution >= 0.6 is 11.3 Å². The second-order valence-electron chi connectivity index (χ2n) is 8.00. The van der Waals surface area contributed by atoms with E-state index in [2.05, 4.69) is 31.1 Å². The molecule has 1 aromatic carbocycles. The molecule has 2 heterocycles. The summed E-state index contributed by atoms with van der Waals surface area (Å²) in [5.74, 6) is 1.06. The van der Waals surface area contributed by atoms with E-state index in [1.54, 1.807) is 7.11 Å². The van der Waals surface area contributed by atoms with Crippen LogP contribution in [0, 0.1) is 0 Å². The minimum Gasteiger partial charge on any atom is -0.496 e. The number of hydrogen-bond donors (Lipinski definition) is 1. The van der Waals surface area contributed by atoms with Crippen molar-refractivity contribution in [2.45, 2.75) is 45.1 Å². The molecule has 146 valence electrons. The number of carbonyl (C=O) groups is 1. The molecule has 6 nitrogen and oxygen atoms in total. The van der Waals surface area contributed by atoms with E-state index in [1.165, 1.54) is 11.3 Å². The van der Waals surface area contributed by atoms with Gasteiger partial charge in [0.25, 0.3) is 5.91 Å². The fourth-order valence-electron chi connectivity index (χ4n) is 3.12. The van der Waals surface area contributed by atoms with Crippen LogP contribution in [0.3, 0.4) is 0 Å². The highest BCUT2D eigenvalue weighted by atomic mass is 32.1. The molecule has 0 unspecified atom stereocenters. The number of anilines is 1. The zero-order chi connectivity index (χ0) is 19.9. The molecular weight excluding hydrogens is 372 g/mol. The van der Waals surface area contributed by atoms with Crippen molar-refractivity contribution >= 4 is 22.4 Å². The number of aromatic nitrogens is 3. The molecule has 1 saturated carbocycles. The predicted octanol–water partition coefficient (Wildman–Crippen LogP) is 4.90. The Morgan fingerprint density at radius 3 is 2.71 bits per heavy atom. The predicted molar refractivity (Wildman–Crippen MR) is 111 cm³/mol. The molecule has 7 heteroatoms. The maximum atomic E-state index is 13.0. The molecule has 0 bridgehead atoms. The normalized spacial score (nSPS) is 14.1. The van der Waals surface area contributed by atoms with E-state index in [0.717, 1.165) is 35.5 Å². The van der Waals surface area contributed by atoms with Crippen molar-refractivity contribution in [1.82, 2.24) is 14.8 Å². The van der Waals surface area contributed by atoms with Gasteiger partial charge in [-0.2, -0.15) is 5.10 Å². The lowest BCUT2D eigenvalue weighted by Gasteiger charge is -2.21. The van der Waals surface area contributed by atoms with Gasteiger partial charge in [0.15, 0.2) is 5.13 Å². The summed E-state index contributed by atoms with van der Waals surface area (Å²) in [5, 5.41) is 10.1. The van der Waals surface area contributed by atoms with Gasteiger partial charge in [0.2, 0.25) is 0 Å². The number of carbonyl (C=O) groups excluding carboxylic acids is 1. The van der Waals surface area contributed by atoms with Gasteiger partial charge < -0.3 is 4.74 Å². The SMILES string of the molecule is COc1ccccc1-c1csc(NC(=O)c2cc(C3CC3)nn2C(C)(C)C)n1. The summed E-state index contributed by atoms with van der Waals surface area (Å²) >= 11 is 1.40. The molecule has 0 saturated heterocycles. The van der Waals surface area contributed by atoms with Crippen LogP contribution in [0.2, 0.25) is 0 Å². The lowest BCUT2D eigenvalue weighted by Crippen LogP contribution is -2.29. The van der Waals surface area contributed by atoms with Gasteiger partial charge in [0.05, 0.1) is 24.0 Å². The third kappa shape index (κ3) is 3.67. The molecule has 0 spiro atoms. The van der Waals surface area contributed by atoms with Crippen LogP contribution in [0.4, 0.5) is 5.13 Å². The van der Waals surface area contributed by atoms with Crippen LogP contribution < -0.4 is 10.1 Å². The average Bonchev–Trinajstić information content (AvgIpc) is 3.23. The van der Waals surface area contributed by atoms with E-state index >= 15 is 0 Å². The number of methoxy groups -OCH3 is 1. The van der Waals surface area contributed by atoms with Crippen LogP contribution in [0.15, 0.2) is 35.7 Å². The summed E-state index contributed by atoms with van der Waals surface area (Å²) in [6, 6.07) is 9.64. The monoisotopic (exact) mass is 396 g/mol. The quantitative estimate of drug-likeness (QED) is 0.666. The Bertz CT molecular complexity index is 1010. The molecule has 1 aliphatic rings. The fourth-order valence-corrected chi connectivity index (χ4v) is 3.83. The fraction of sp³-hybridized carbons (Fsp3) is 0.381. The third-order valence-corrected chi connectivity index (χ3v) is 5.46. The number of ether oxygens (including phenoxy) is 1. The summed E-state index contributed by atoms with van der Waals surface area (Å²) in [6.45, 7) is 6.16.